The van der Waals surface area contributed by atoms with Gasteiger partial charge in [0.1, 0.15) is 5.75 Å². The van der Waals surface area contributed by atoms with Crippen molar-refractivity contribution in [3.63, 3.8) is 0 Å². The standard InChI is InChI=1S/C20H20IN3O3/c1-12(2)19-23-20(27-24-19)16-6-4-5-13(3)18(16)22-17(25)11-26-15-9-7-14(21)8-10-15/h4-10,12H,11H2,1-3H3,(H,22,25). The van der Waals surface area contributed by atoms with E-state index in [1.54, 1.807) is 0 Å². The molecule has 1 amide bonds. The third kappa shape index (κ3) is 4.85. The predicted molar refractivity (Wildman–Crippen MR) is 112 cm³/mol. The summed E-state index contributed by atoms with van der Waals surface area (Å²) >= 11 is 2.22. The zero-order valence-electron chi connectivity index (χ0n) is 15.3. The molecule has 0 aliphatic rings. The lowest BCUT2D eigenvalue weighted by Crippen LogP contribution is -2.21. The molecule has 0 saturated carbocycles. The van der Waals surface area contributed by atoms with E-state index >= 15 is 0 Å². The van der Waals surface area contributed by atoms with Crippen molar-refractivity contribution in [2.45, 2.75) is 26.7 Å². The van der Waals surface area contributed by atoms with Crippen molar-refractivity contribution in [1.29, 1.82) is 0 Å². The Kier molecular flexibility index (Phi) is 6.10. The molecule has 6 nitrogen and oxygen atoms in total. The lowest BCUT2D eigenvalue weighted by molar-refractivity contribution is -0.118. The summed E-state index contributed by atoms with van der Waals surface area (Å²) < 4.78 is 12.0. The fourth-order valence-electron chi connectivity index (χ4n) is 2.45. The molecular formula is C20H20IN3O3. The lowest BCUT2D eigenvalue weighted by Gasteiger charge is -2.12. The van der Waals surface area contributed by atoms with Gasteiger partial charge in [-0.25, -0.2) is 0 Å². The summed E-state index contributed by atoms with van der Waals surface area (Å²) in [4.78, 5) is 16.8. The SMILES string of the molecule is Cc1cccc(-c2nc(C(C)C)no2)c1NC(=O)COc1ccc(I)cc1. The Balaban J connectivity index is 1.75. The van der Waals surface area contributed by atoms with Gasteiger partial charge in [-0.3, -0.25) is 4.79 Å². The van der Waals surface area contributed by atoms with Crippen LogP contribution in [-0.2, 0) is 4.79 Å². The Hall–Kier alpha value is -2.42. The van der Waals surface area contributed by atoms with Crippen molar-refractivity contribution in [3.05, 3.63) is 57.4 Å². The van der Waals surface area contributed by atoms with E-state index in [4.69, 9.17) is 9.26 Å². The van der Waals surface area contributed by atoms with E-state index in [1.807, 2.05) is 63.2 Å². The molecule has 140 valence electrons. The van der Waals surface area contributed by atoms with Gasteiger partial charge >= 0.3 is 0 Å². The molecule has 27 heavy (non-hydrogen) atoms. The number of para-hydroxylation sites is 1. The number of anilines is 1. The monoisotopic (exact) mass is 477 g/mol. The average molecular weight is 477 g/mol. The van der Waals surface area contributed by atoms with Crippen LogP contribution >= 0.6 is 22.6 Å². The number of carbonyl (C=O) groups excluding carboxylic acids is 1. The zero-order valence-corrected chi connectivity index (χ0v) is 17.5. The summed E-state index contributed by atoms with van der Waals surface area (Å²) in [6.45, 7) is 5.82. The second-order valence-corrected chi connectivity index (χ2v) is 7.65. The van der Waals surface area contributed by atoms with Crippen LogP contribution < -0.4 is 10.1 Å². The highest BCUT2D eigenvalue weighted by Gasteiger charge is 2.17. The fourth-order valence-corrected chi connectivity index (χ4v) is 2.81. The largest absolute Gasteiger partial charge is 0.484 e. The average Bonchev–Trinajstić information content (AvgIpc) is 3.13. The molecule has 3 aromatic rings. The molecule has 0 radical (unpaired) electrons. The van der Waals surface area contributed by atoms with Crippen LogP contribution in [0.3, 0.4) is 0 Å². The number of hydrogen-bond acceptors (Lipinski definition) is 5. The van der Waals surface area contributed by atoms with Crippen molar-refractivity contribution < 1.29 is 14.1 Å². The van der Waals surface area contributed by atoms with Crippen LogP contribution in [0.2, 0.25) is 0 Å². The normalized spacial score (nSPS) is 10.9. The zero-order chi connectivity index (χ0) is 19.4. The van der Waals surface area contributed by atoms with Gasteiger partial charge in [-0.1, -0.05) is 31.1 Å². The molecule has 0 unspecified atom stereocenters. The molecular weight excluding hydrogens is 457 g/mol. The summed E-state index contributed by atoms with van der Waals surface area (Å²) in [5.74, 6) is 1.57. The third-order valence-corrected chi connectivity index (χ3v) is 4.63. The van der Waals surface area contributed by atoms with E-state index in [0.29, 0.717) is 28.7 Å². The number of aryl methyl sites for hydroxylation is 1. The van der Waals surface area contributed by atoms with Gasteiger partial charge in [-0.2, -0.15) is 4.98 Å². The van der Waals surface area contributed by atoms with Crippen molar-refractivity contribution in [1.82, 2.24) is 10.1 Å². The number of carbonyl (C=O) groups is 1. The maximum atomic E-state index is 12.4. The first-order valence-corrected chi connectivity index (χ1v) is 9.63. The molecule has 0 aliphatic carbocycles. The van der Waals surface area contributed by atoms with Gasteiger partial charge in [0.25, 0.3) is 11.8 Å². The minimum atomic E-state index is -0.257. The first kappa shape index (κ1) is 19.3. The smallest absolute Gasteiger partial charge is 0.262 e. The predicted octanol–water partition coefficient (Wildman–Crippen LogP) is 4.79. The molecule has 1 N–H and O–H groups in total. The molecule has 0 bridgehead atoms. The quantitative estimate of drug-likeness (QED) is 0.517. The molecule has 0 spiro atoms. The summed E-state index contributed by atoms with van der Waals surface area (Å²) in [7, 11) is 0. The van der Waals surface area contributed by atoms with E-state index in [0.717, 1.165) is 9.13 Å². The highest BCUT2D eigenvalue weighted by Crippen LogP contribution is 2.30. The highest BCUT2D eigenvalue weighted by atomic mass is 127. The summed E-state index contributed by atoms with van der Waals surface area (Å²) in [5.41, 5.74) is 2.24. The number of aromatic nitrogens is 2. The maximum Gasteiger partial charge on any atom is 0.262 e. The van der Waals surface area contributed by atoms with Crippen LogP contribution in [0.5, 0.6) is 5.75 Å². The Morgan fingerprint density at radius 2 is 1.96 bits per heavy atom. The van der Waals surface area contributed by atoms with Crippen molar-refractivity contribution >= 4 is 34.2 Å². The molecule has 0 saturated heterocycles. The minimum absolute atomic E-state index is 0.0879. The van der Waals surface area contributed by atoms with Gasteiger partial charge in [0, 0.05) is 9.49 Å². The van der Waals surface area contributed by atoms with Gasteiger partial charge in [0.05, 0.1) is 11.3 Å². The van der Waals surface area contributed by atoms with E-state index in [1.165, 1.54) is 0 Å². The molecule has 1 heterocycles. The Bertz CT molecular complexity index is 936. The molecule has 7 heteroatoms. The van der Waals surface area contributed by atoms with Gasteiger partial charge in [-0.15, -0.1) is 0 Å². The number of nitrogens with one attached hydrogen (secondary N) is 1. The van der Waals surface area contributed by atoms with Crippen LogP contribution in [0.15, 0.2) is 47.0 Å². The van der Waals surface area contributed by atoms with Crippen LogP contribution in [0.4, 0.5) is 5.69 Å². The number of halogens is 1. The molecule has 2 aromatic carbocycles. The highest BCUT2D eigenvalue weighted by molar-refractivity contribution is 14.1. The molecule has 1 aromatic heterocycles. The van der Waals surface area contributed by atoms with E-state index < -0.39 is 0 Å². The third-order valence-electron chi connectivity index (χ3n) is 3.91. The Morgan fingerprint density at radius 1 is 1.22 bits per heavy atom. The number of rotatable bonds is 6. The molecule has 3 rings (SSSR count). The van der Waals surface area contributed by atoms with Gasteiger partial charge in [-0.05, 0) is 65.4 Å². The van der Waals surface area contributed by atoms with Crippen LogP contribution in [-0.4, -0.2) is 22.7 Å². The van der Waals surface area contributed by atoms with E-state index in [9.17, 15) is 4.79 Å². The maximum absolute atomic E-state index is 12.4. The number of benzene rings is 2. The van der Waals surface area contributed by atoms with E-state index in [2.05, 4.69) is 38.0 Å². The van der Waals surface area contributed by atoms with Gasteiger partial charge < -0.3 is 14.6 Å². The number of ether oxygens (including phenoxy) is 1. The topological polar surface area (TPSA) is 77.3 Å². The summed E-state index contributed by atoms with van der Waals surface area (Å²) in [6, 6.07) is 13.2. The summed E-state index contributed by atoms with van der Waals surface area (Å²) in [6.07, 6.45) is 0. The van der Waals surface area contributed by atoms with Crippen LogP contribution in [0, 0.1) is 10.5 Å². The van der Waals surface area contributed by atoms with Crippen LogP contribution in [0.25, 0.3) is 11.5 Å². The van der Waals surface area contributed by atoms with Crippen molar-refractivity contribution in [2.75, 3.05) is 11.9 Å². The number of nitrogens with zero attached hydrogens (tertiary/aromatic N) is 2. The van der Waals surface area contributed by atoms with Crippen molar-refractivity contribution in [3.8, 4) is 17.2 Å². The minimum Gasteiger partial charge on any atom is -0.484 e. The van der Waals surface area contributed by atoms with Gasteiger partial charge in [0.15, 0.2) is 12.4 Å². The molecule has 0 atom stereocenters. The molecule has 0 aliphatic heterocycles. The fraction of sp³-hybridized carbons (Fsp3) is 0.250. The second-order valence-electron chi connectivity index (χ2n) is 6.40. The van der Waals surface area contributed by atoms with Gasteiger partial charge in [0.2, 0.25) is 0 Å². The Morgan fingerprint density at radius 3 is 2.63 bits per heavy atom. The second kappa shape index (κ2) is 8.51. The molecule has 0 fully saturated rings. The first-order valence-electron chi connectivity index (χ1n) is 8.56. The van der Waals surface area contributed by atoms with Crippen LogP contribution in [0.1, 0.15) is 31.2 Å². The van der Waals surface area contributed by atoms with E-state index in [-0.39, 0.29) is 18.4 Å². The number of hydrogen-bond donors (Lipinski definition) is 1. The first-order chi connectivity index (χ1) is 12.9. The van der Waals surface area contributed by atoms with Crippen molar-refractivity contribution in [2.24, 2.45) is 0 Å². The lowest BCUT2D eigenvalue weighted by atomic mass is 10.1. The number of amides is 1. The Labute approximate surface area is 171 Å². The summed E-state index contributed by atoms with van der Waals surface area (Å²) in [5, 5.41) is 6.91.